The van der Waals surface area contributed by atoms with Crippen molar-refractivity contribution in [3.8, 4) is 11.5 Å². The van der Waals surface area contributed by atoms with Crippen molar-refractivity contribution in [2.45, 2.75) is 68.3 Å². The maximum Gasteiger partial charge on any atom is 0.229 e. The second kappa shape index (κ2) is 11.3. The maximum absolute atomic E-state index is 13.4. The van der Waals surface area contributed by atoms with E-state index in [1.165, 1.54) is 30.3 Å². The summed E-state index contributed by atoms with van der Waals surface area (Å²) in [6.45, 7) is 0.378. The minimum atomic E-state index is -1.83. The lowest BCUT2D eigenvalue weighted by Crippen LogP contribution is -2.62. The number of phenolic OH excluding ortho intramolecular Hbond substituents is 1. The first kappa shape index (κ1) is 29.5. The number of fused-ring (bicyclic) bond motifs is 2. The van der Waals surface area contributed by atoms with Crippen LogP contribution in [0.4, 0.5) is 0 Å². The number of aromatic hydroxyl groups is 1. The molecular weight excluding hydrogens is 548 g/mol. The summed E-state index contributed by atoms with van der Waals surface area (Å²) in [5.41, 5.74) is 0.167. The quantitative estimate of drug-likeness (QED) is 0.151. The van der Waals surface area contributed by atoms with E-state index in [-0.39, 0.29) is 28.0 Å². The van der Waals surface area contributed by atoms with Crippen LogP contribution in [0.25, 0.3) is 0 Å². The Morgan fingerprint density at radius 3 is 2.07 bits per heavy atom. The highest BCUT2D eigenvalue weighted by molar-refractivity contribution is 6.30. The minimum absolute atomic E-state index is 0.0154. The molecule has 2 aliphatic heterocycles. The van der Waals surface area contributed by atoms with E-state index < -0.39 is 91.9 Å². The topological polar surface area (TPSA) is 233 Å². The lowest BCUT2D eigenvalue weighted by Gasteiger charge is -2.42. The van der Waals surface area contributed by atoms with Crippen molar-refractivity contribution in [2.75, 3.05) is 13.2 Å². The monoisotopic (exact) mass is 578 g/mol. The van der Waals surface area contributed by atoms with Crippen LogP contribution in [-0.2, 0) is 14.2 Å². The van der Waals surface area contributed by atoms with E-state index in [4.69, 9.17) is 18.9 Å². The van der Waals surface area contributed by atoms with Gasteiger partial charge in [-0.05, 0) is 30.7 Å². The van der Waals surface area contributed by atoms with Crippen LogP contribution in [0.5, 0.6) is 11.5 Å². The van der Waals surface area contributed by atoms with E-state index >= 15 is 0 Å². The van der Waals surface area contributed by atoms with Gasteiger partial charge in [-0.2, -0.15) is 0 Å². The highest BCUT2D eigenvalue weighted by Crippen LogP contribution is 2.38. The van der Waals surface area contributed by atoms with Crippen molar-refractivity contribution >= 4 is 11.6 Å². The number of ketones is 2. The van der Waals surface area contributed by atoms with Gasteiger partial charge in [0.25, 0.3) is 0 Å². The zero-order chi connectivity index (χ0) is 29.7. The van der Waals surface area contributed by atoms with Crippen LogP contribution in [-0.4, -0.2) is 127 Å². The predicted octanol–water partition coefficient (Wildman–Crippen LogP) is -2.52. The number of benzene rings is 2. The first-order chi connectivity index (χ1) is 19.4. The Balaban J connectivity index is 1.36. The number of hydrogen-bond acceptors (Lipinski definition) is 14. The van der Waals surface area contributed by atoms with E-state index in [2.05, 4.69) is 0 Å². The third-order valence-corrected chi connectivity index (χ3v) is 7.42. The van der Waals surface area contributed by atoms with Crippen molar-refractivity contribution in [1.82, 2.24) is 0 Å². The van der Waals surface area contributed by atoms with Gasteiger partial charge in [0.15, 0.2) is 12.1 Å². The van der Waals surface area contributed by atoms with Gasteiger partial charge in [-0.3, -0.25) is 9.59 Å². The summed E-state index contributed by atoms with van der Waals surface area (Å²) in [5.74, 6) is -1.84. The molecule has 3 aliphatic rings. The molecule has 222 valence electrons. The molecule has 0 saturated carbocycles. The van der Waals surface area contributed by atoms with Crippen LogP contribution in [0.15, 0.2) is 30.3 Å². The molecule has 10 atom stereocenters. The highest BCUT2D eigenvalue weighted by atomic mass is 16.7. The molecule has 5 rings (SSSR count). The van der Waals surface area contributed by atoms with Crippen LogP contribution >= 0.6 is 0 Å². The van der Waals surface area contributed by atoms with Gasteiger partial charge in [0, 0.05) is 11.1 Å². The van der Waals surface area contributed by atoms with Crippen LogP contribution in [0.2, 0.25) is 0 Å². The number of ether oxygens (including phenoxy) is 4. The Hall–Kier alpha value is -3.02. The number of carbonyl (C=O) groups is 2. The number of aryl methyl sites for hydroxylation is 1. The van der Waals surface area contributed by atoms with Crippen molar-refractivity contribution in [3.63, 3.8) is 0 Å². The summed E-state index contributed by atoms with van der Waals surface area (Å²) in [7, 11) is 0. The molecular formula is C27H30O14. The second-order valence-corrected chi connectivity index (χ2v) is 10.2. The lowest BCUT2D eigenvalue weighted by molar-refractivity contribution is -0.323. The molecule has 0 spiro atoms. The summed E-state index contributed by atoms with van der Waals surface area (Å²) in [6, 6.07) is 6.98. The van der Waals surface area contributed by atoms with Crippen molar-refractivity contribution < 1.29 is 69.4 Å². The molecule has 1 aliphatic carbocycles. The normalized spacial score (nSPS) is 35.1. The number of aliphatic hydroxyl groups is 7. The molecule has 0 radical (unpaired) electrons. The fourth-order valence-electron chi connectivity index (χ4n) is 5.18. The number of rotatable bonds is 6. The van der Waals surface area contributed by atoms with Gasteiger partial charge < -0.3 is 59.8 Å². The summed E-state index contributed by atoms with van der Waals surface area (Å²) >= 11 is 0. The van der Waals surface area contributed by atoms with E-state index in [1.54, 1.807) is 6.92 Å². The van der Waals surface area contributed by atoms with E-state index in [0.717, 1.165) is 0 Å². The van der Waals surface area contributed by atoms with Gasteiger partial charge >= 0.3 is 0 Å². The minimum Gasteiger partial charge on any atom is -0.507 e. The van der Waals surface area contributed by atoms with Crippen LogP contribution in [0, 0.1) is 6.92 Å². The molecule has 0 bridgehead atoms. The number of carbonyl (C=O) groups excluding carboxylic acids is 2. The largest absolute Gasteiger partial charge is 0.507 e. The molecule has 2 aromatic rings. The summed E-state index contributed by atoms with van der Waals surface area (Å²) in [5, 5.41) is 81.4. The molecule has 0 unspecified atom stereocenters. The molecule has 0 aromatic heterocycles. The first-order valence-electron chi connectivity index (χ1n) is 12.8. The third-order valence-electron chi connectivity index (χ3n) is 7.42. The Bertz CT molecular complexity index is 1330. The molecule has 0 amide bonds. The highest BCUT2D eigenvalue weighted by Gasteiger charge is 2.48. The van der Waals surface area contributed by atoms with Crippen LogP contribution in [0.1, 0.15) is 37.4 Å². The Morgan fingerprint density at radius 2 is 1.39 bits per heavy atom. The smallest absolute Gasteiger partial charge is 0.229 e. The van der Waals surface area contributed by atoms with Crippen molar-refractivity contribution in [3.05, 3.63) is 58.1 Å². The van der Waals surface area contributed by atoms with Crippen molar-refractivity contribution in [1.29, 1.82) is 0 Å². The Labute approximate surface area is 232 Å². The molecule has 14 nitrogen and oxygen atoms in total. The maximum atomic E-state index is 13.4. The van der Waals surface area contributed by atoms with Crippen molar-refractivity contribution in [2.24, 2.45) is 0 Å². The van der Waals surface area contributed by atoms with Gasteiger partial charge in [0.2, 0.25) is 12.1 Å². The Kier molecular flexibility index (Phi) is 8.15. The van der Waals surface area contributed by atoms with Gasteiger partial charge in [0.1, 0.15) is 60.3 Å². The SMILES string of the molecule is Cc1cc(O)c2c(c1)C(=O)c1cccc(O[C@@H]3O[C@H](CO[C@@H]4O[C@H](CO)[C@@H](O)[C@H](O)[C@H]4O)[C@@H](O)[C@H](O)[C@H]3O)c1C2=O. The summed E-state index contributed by atoms with van der Waals surface area (Å²) in [6.07, 6.45) is -16.4. The van der Waals surface area contributed by atoms with Gasteiger partial charge in [-0.25, -0.2) is 0 Å². The summed E-state index contributed by atoms with van der Waals surface area (Å²) < 4.78 is 22.0. The standard InChI is InChI=1S/C27H30O14/c1-9-5-11-16(12(29)6-9)21(33)17-10(18(11)30)3-2-4-13(17)39-27-25(37)23(35)20(32)15(41-27)8-38-26-24(36)22(34)19(31)14(7-28)40-26/h2-6,14-15,19-20,22-29,31-32,34-37H,7-8H2,1H3/t14-,15-,19-,20-,22+,23+,24-,25-,26-,27-/m1/s1. The van der Waals surface area contributed by atoms with Crippen LogP contribution < -0.4 is 4.74 Å². The fourth-order valence-corrected chi connectivity index (χ4v) is 5.18. The molecule has 2 aromatic carbocycles. The van der Waals surface area contributed by atoms with Crippen LogP contribution in [0.3, 0.4) is 0 Å². The number of aliphatic hydroxyl groups excluding tert-OH is 7. The molecule has 2 heterocycles. The number of hydrogen-bond donors (Lipinski definition) is 8. The lowest BCUT2D eigenvalue weighted by atomic mass is 9.82. The van der Waals surface area contributed by atoms with Gasteiger partial charge in [-0.1, -0.05) is 12.1 Å². The third kappa shape index (κ3) is 5.12. The fraction of sp³-hybridized carbons (Fsp3) is 0.481. The first-order valence-corrected chi connectivity index (χ1v) is 12.8. The van der Waals surface area contributed by atoms with E-state index in [1.807, 2.05) is 0 Å². The Morgan fingerprint density at radius 1 is 0.756 bits per heavy atom. The molecule has 2 fully saturated rings. The molecule has 2 saturated heterocycles. The van der Waals surface area contributed by atoms with Gasteiger partial charge in [0.05, 0.1) is 24.3 Å². The summed E-state index contributed by atoms with van der Waals surface area (Å²) in [4.78, 5) is 26.6. The van der Waals surface area contributed by atoms with E-state index in [0.29, 0.717) is 5.56 Å². The zero-order valence-corrected chi connectivity index (χ0v) is 21.6. The number of phenols is 1. The molecule has 14 heteroatoms. The predicted molar refractivity (Wildman–Crippen MR) is 133 cm³/mol. The second-order valence-electron chi connectivity index (χ2n) is 10.2. The average molecular weight is 579 g/mol. The zero-order valence-electron chi connectivity index (χ0n) is 21.6. The average Bonchev–Trinajstić information content (AvgIpc) is 2.94. The molecule has 8 N–H and O–H groups in total. The van der Waals surface area contributed by atoms with E-state index in [9.17, 15) is 50.4 Å². The van der Waals surface area contributed by atoms with Gasteiger partial charge in [-0.15, -0.1) is 0 Å². The molecule has 41 heavy (non-hydrogen) atoms.